The maximum atomic E-state index is 13.4. The van der Waals surface area contributed by atoms with Crippen molar-refractivity contribution in [3.05, 3.63) is 20.8 Å². The van der Waals surface area contributed by atoms with E-state index in [9.17, 15) is 9.59 Å². The zero-order chi connectivity index (χ0) is 21.1. The first-order valence-corrected chi connectivity index (χ1v) is 12.2. The fraction of sp³-hybridized carbons (Fsp3) is 0.667. The average molecular weight is 438 g/mol. The quantitative estimate of drug-likeness (QED) is 0.503. The number of thioether (sulfide) groups is 1. The molecule has 1 aliphatic heterocycles. The lowest BCUT2D eigenvalue weighted by Crippen LogP contribution is -2.37. The van der Waals surface area contributed by atoms with Gasteiger partial charge in [-0.2, -0.15) is 0 Å². The second-order valence-electron chi connectivity index (χ2n) is 8.00. The van der Waals surface area contributed by atoms with Gasteiger partial charge in [0.1, 0.15) is 4.83 Å². The molecule has 0 radical (unpaired) electrons. The van der Waals surface area contributed by atoms with E-state index in [4.69, 9.17) is 9.72 Å². The molecule has 1 N–H and O–H groups in total. The summed E-state index contributed by atoms with van der Waals surface area (Å²) in [5.41, 5.74) is 1.08. The fourth-order valence-corrected chi connectivity index (χ4v) is 5.49. The number of aryl methyl sites for hydroxylation is 2. The van der Waals surface area contributed by atoms with Crippen LogP contribution in [0.1, 0.15) is 51.0 Å². The first-order chi connectivity index (χ1) is 13.8. The van der Waals surface area contributed by atoms with Crippen molar-refractivity contribution in [3.63, 3.8) is 0 Å². The zero-order valence-corrected chi connectivity index (χ0v) is 19.5. The lowest BCUT2D eigenvalue weighted by molar-refractivity contribution is -0.119. The van der Waals surface area contributed by atoms with Crippen LogP contribution in [-0.2, 0) is 22.5 Å². The monoisotopic (exact) mass is 437 g/mol. The number of carbonyl (C=O) groups is 1. The number of nitrogens with one attached hydrogen (secondary N) is 1. The molecule has 2 aromatic heterocycles. The van der Waals surface area contributed by atoms with E-state index in [0.717, 1.165) is 46.5 Å². The van der Waals surface area contributed by atoms with Crippen LogP contribution in [0.4, 0.5) is 0 Å². The number of carbonyl (C=O) groups excluding carboxylic acids is 1. The Labute approximate surface area is 180 Å². The minimum absolute atomic E-state index is 0.00911. The molecule has 1 amide bonds. The van der Waals surface area contributed by atoms with Crippen LogP contribution in [0.5, 0.6) is 0 Å². The van der Waals surface area contributed by atoms with Crippen LogP contribution >= 0.6 is 23.1 Å². The number of nitrogens with zero attached hydrogens (tertiary/aromatic N) is 2. The Morgan fingerprint density at radius 3 is 2.79 bits per heavy atom. The van der Waals surface area contributed by atoms with E-state index in [-0.39, 0.29) is 29.4 Å². The molecule has 0 saturated carbocycles. The van der Waals surface area contributed by atoms with Gasteiger partial charge in [-0.05, 0) is 44.6 Å². The van der Waals surface area contributed by atoms with Gasteiger partial charge >= 0.3 is 0 Å². The molecule has 1 fully saturated rings. The summed E-state index contributed by atoms with van der Waals surface area (Å²) in [6.45, 7) is 11.5. The van der Waals surface area contributed by atoms with Gasteiger partial charge in [-0.1, -0.05) is 32.5 Å². The molecule has 1 aliphatic rings. The van der Waals surface area contributed by atoms with E-state index in [1.165, 1.54) is 11.8 Å². The highest BCUT2D eigenvalue weighted by Crippen LogP contribution is 2.30. The first kappa shape index (κ1) is 22.3. The second kappa shape index (κ2) is 9.62. The number of ether oxygens (including phenoxy) is 1. The number of amides is 1. The summed E-state index contributed by atoms with van der Waals surface area (Å²) in [7, 11) is 0. The van der Waals surface area contributed by atoms with Crippen molar-refractivity contribution in [3.8, 4) is 0 Å². The van der Waals surface area contributed by atoms with Gasteiger partial charge in [-0.3, -0.25) is 14.2 Å². The third kappa shape index (κ3) is 5.03. The largest absolute Gasteiger partial charge is 0.376 e. The Balaban J connectivity index is 1.91. The summed E-state index contributed by atoms with van der Waals surface area (Å²) in [5, 5.41) is 4.36. The van der Waals surface area contributed by atoms with E-state index >= 15 is 0 Å². The molecule has 0 bridgehead atoms. The smallest absolute Gasteiger partial charge is 0.263 e. The first-order valence-electron chi connectivity index (χ1n) is 10.4. The van der Waals surface area contributed by atoms with Crippen molar-refractivity contribution in [1.82, 2.24) is 14.9 Å². The summed E-state index contributed by atoms with van der Waals surface area (Å²) in [4.78, 5) is 32.5. The highest BCUT2D eigenvalue weighted by molar-refractivity contribution is 7.99. The topological polar surface area (TPSA) is 73.2 Å². The van der Waals surface area contributed by atoms with Crippen molar-refractivity contribution >= 4 is 39.2 Å². The maximum Gasteiger partial charge on any atom is 0.263 e. The van der Waals surface area contributed by atoms with Crippen LogP contribution in [0.15, 0.2) is 9.95 Å². The lowest BCUT2D eigenvalue weighted by atomic mass is 10.1. The van der Waals surface area contributed by atoms with Crippen LogP contribution in [0.25, 0.3) is 10.2 Å². The van der Waals surface area contributed by atoms with Crippen molar-refractivity contribution in [2.24, 2.45) is 5.92 Å². The molecule has 0 aliphatic carbocycles. The number of hydrogen-bond donors (Lipinski definition) is 1. The van der Waals surface area contributed by atoms with Crippen LogP contribution in [0.2, 0.25) is 0 Å². The Kier molecular flexibility index (Phi) is 7.40. The summed E-state index contributed by atoms with van der Waals surface area (Å²) >= 11 is 2.90. The van der Waals surface area contributed by atoms with Gasteiger partial charge < -0.3 is 10.1 Å². The van der Waals surface area contributed by atoms with Crippen LogP contribution in [0, 0.1) is 12.8 Å². The Bertz CT molecular complexity index is 929. The van der Waals surface area contributed by atoms with Gasteiger partial charge in [0.05, 0.1) is 23.8 Å². The fourth-order valence-electron chi connectivity index (χ4n) is 3.51. The van der Waals surface area contributed by atoms with Gasteiger partial charge in [-0.15, -0.1) is 11.3 Å². The third-order valence-electron chi connectivity index (χ3n) is 5.56. The van der Waals surface area contributed by atoms with E-state index in [1.807, 2.05) is 13.8 Å². The predicted octanol–water partition coefficient (Wildman–Crippen LogP) is 3.76. The molecule has 2 unspecified atom stereocenters. The second-order valence-corrected chi connectivity index (χ2v) is 10.2. The van der Waals surface area contributed by atoms with E-state index in [0.29, 0.717) is 17.6 Å². The van der Waals surface area contributed by atoms with Gasteiger partial charge in [0, 0.05) is 17.5 Å². The minimum atomic E-state index is -0.0363. The number of hydrogen-bond acceptors (Lipinski definition) is 6. The van der Waals surface area contributed by atoms with Crippen molar-refractivity contribution < 1.29 is 9.53 Å². The third-order valence-corrected chi connectivity index (χ3v) is 7.58. The molecule has 2 aromatic rings. The lowest BCUT2D eigenvalue weighted by Gasteiger charge is -2.18. The zero-order valence-electron chi connectivity index (χ0n) is 17.9. The minimum Gasteiger partial charge on any atom is -0.376 e. The van der Waals surface area contributed by atoms with Crippen molar-refractivity contribution in [1.29, 1.82) is 0 Å². The number of aromatic nitrogens is 2. The predicted molar refractivity (Wildman–Crippen MR) is 120 cm³/mol. The Hall–Kier alpha value is -1.38. The molecule has 160 valence electrons. The Morgan fingerprint density at radius 1 is 1.41 bits per heavy atom. The molecule has 8 heteroatoms. The highest BCUT2D eigenvalue weighted by Gasteiger charge is 2.23. The maximum absolute atomic E-state index is 13.4. The number of rotatable bonds is 8. The van der Waals surface area contributed by atoms with Crippen LogP contribution in [-0.4, -0.2) is 40.0 Å². The van der Waals surface area contributed by atoms with Gasteiger partial charge in [0.25, 0.3) is 5.56 Å². The molecule has 6 nitrogen and oxygen atoms in total. The summed E-state index contributed by atoms with van der Waals surface area (Å²) in [5.74, 6) is 0.578. The highest BCUT2D eigenvalue weighted by atomic mass is 32.2. The standard InChI is InChI=1S/C21H31N3O3S2/c1-6-16-14(5)29-19-18(16)20(26)24(10-15-8-7-9-27-15)21(23-19)28-11-17(25)22-13(4)12(2)3/h12-13,15H,6-11H2,1-5H3,(H,22,25). The molecular formula is C21H31N3O3S2. The van der Waals surface area contributed by atoms with Crippen molar-refractivity contribution in [2.75, 3.05) is 12.4 Å². The normalized spacial score (nSPS) is 17.9. The molecule has 29 heavy (non-hydrogen) atoms. The van der Waals surface area contributed by atoms with Crippen LogP contribution in [0.3, 0.4) is 0 Å². The molecule has 0 spiro atoms. The molecule has 1 saturated heterocycles. The SMILES string of the molecule is CCc1c(C)sc2nc(SCC(=O)NC(C)C(C)C)n(CC3CCCO3)c(=O)c12. The summed E-state index contributed by atoms with van der Waals surface area (Å²) in [6, 6.07) is 0.111. The van der Waals surface area contributed by atoms with E-state index in [2.05, 4.69) is 26.1 Å². The molecule has 3 heterocycles. The summed E-state index contributed by atoms with van der Waals surface area (Å²) in [6.07, 6.45) is 2.81. The van der Waals surface area contributed by atoms with Gasteiger partial charge in [0.2, 0.25) is 5.91 Å². The number of thiophene rings is 1. The molecule has 3 rings (SSSR count). The van der Waals surface area contributed by atoms with Gasteiger partial charge in [0.15, 0.2) is 5.16 Å². The Morgan fingerprint density at radius 2 is 2.17 bits per heavy atom. The van der Waals surface area contributed by atoms with Gasteiger partial charge in [-0.25, -0.2) is 4.98 Å². The summed E-state index contributed by atoms with van der Waals surface area (Å²) < 4.78 is 7.50. The molecule has 2 atom stereocenters. The number of fused-ring (bicyclic) bond motifs is 1. The average Bonchev–Trinajstić information content (AvgIpc) is 3.29. The van der Waals surface area contributed by atoms with E-state index in [1.54, 1.807) is 15.9 Å². The van der Waals surface area contributed by atoms with Crippen molar-refractivity contribution in [2.45, 2.75) is 77.7 Å². The molecular weight excluding hydrogens is 406 g/mol. The van der Waals surface area contributed by atoms with E-state index < -0.39 is 0 Å². The molecule has 0 aromatic carbocycles. The van der Waals surface area contributed by atoms with Crippen LogP contribution < -0.4 is 10.9 Å².